The van der Waals surface area contributed by atoms with Crippen molar-refractivity contribution in [2.45, 2.75) is 19.9 Å². The Balaban J connectivity index is 2.47. The Morgan fingerprint density at radius 1 is 1.67 bits per heavy atom. The Bertz CT molecular complexity index is 322. The van der Waals surface area contributed by atoms with Gasteiger partial charge in [-0.25, -0.2) is 4.98 Å². The first-order valence-corrected chi connectivity index (χ1v) is 5.37. The Kier molecular flexibility index (Phi) is 4.64. The van der Waals surface area contributed by atoms with Crippen molar-refractivity contribution in [2.75, 3.05) is 13.1 Å². The number of aromatic nitrogens is 3. The van der Waals surface area contributed by atoms with Gasteiger partial charge < -0.3 is 5.73 Å². The number of aryl methyl sites for hydroxylation is 1. The fourth-order valence-electron chi connectivity index (χ4n) is 1.28. The summed E-state index contributed by atoms with van der Waals surface area (Å²) < 4.78 is 1.78. The number of hydrogen-bond donors (Lipinski definition) is 1. The van der Waals surface area contributed by atoms with Gasteiger partial charge in [0.15, 0.2) is 0 Å². The molecule has 0 saturated heterocycles. The SMILES string of the molecule is CCN(CCC(N)=S)Cc1ncnn1C. The van der Waals surface area contributed by atoms with Crippen molar-refractivity contribution in [1.29, 1.82) is 0 Å². The molecule has 0 spiro atoms. The van der Waals surface area contributed by atoms with Crippen LogP contribution in [-0.4, -0.2) is 37.7 Å². The van der Waals surface area contributed by atoms with E-state index in [-0.39, 0.29) is 0 Å². The van der Waals surface area contributed by atoms with Crippen LogP contribution in [0, 0.1) is 0 Å². The first-order chi connectivity index (χ1) is 7.13. The third-order valence-corrected chi connectivity index (χ3v) is 2.50. The summed E-state index contributed by atoms with van der Waals surface area (Å²) in [6, 6.07) is 0. The molecular formula is C9H17N5S. The maximum atomic E-state index is 5.47. The first-order valence-electron chi connectivity index (χ1n) is 4.97. The minimum atomic E-state index is 0.561. The van der Waals surface area contributed by atoms with E-state index in [0.29, 0.717) is 4.99 Å². The maximum absolute atomic E-state index is 5.47. The van der Waals surface area contributed by atoms with Crippen LogP contribution in [0.1, 0.15) is 19.2 Å². The second kappa shape index (κ2) is 5.77. The molecule has 0 unspecified atom stereocenters. The third-order valence-electron chi connectivity index (χ3n) is 2.29. The molecule has 1 heterocycles. The molecular weight excluding hydrogens is 210 g/mol. The highest BCUT2D eigenvalue weighted by Crippen LogP contribution is 2.00. The van der Waals surface area contributed by atoms with Crippen molar-refractivity contribution < 1.29 is 0 Å². The Hall–Kier alpha value is -1.01. The van der Waals surface area contributed by atoms with Crippen LogP contribution in [0.2, 0.25) is 0 Å². The molecule has 0 aliphatic carbocycles. The topological polar surface area (TPSA) is 60.0 Å². The molecule has 2 N–H and O–H groups in total. The van der Waals surface area contributed by atoms with E-state index in [0.717, 1.165) is 31.9 Å². The standard InChI is InChI=1S/C9H17N5S/c1-3-14(5-4-8(10)15)6-9-11-7-12-13(9)2/h7H,3-6H2,1-2H3,(H2,10,15). The molecule has 84 valence electrons. The van der Waals surface area contributed by atoms with Gasteiger partial charge >= 0.3 is 0 Å². The van der Waals surface area contributed by atoms with Crippen LogP contribution in [0.4, 0.5) is 0 Å². The minimum Gasteiger partial charge on any atom is -0.393 e. The van der Waals surface area contributed by atoms with Crippen molar-refractivity contribution in [3.05, 3.63) is 12.2 Å². The van der Waals surface area contributed by atoms with Gasteiger partial charge in [-0.15, -0.1) is 0 Å². The maximum Gasteiger partial charge on any atom is 0.140 e. The molecule has 1 aromatic rings. The van der Waals surface area contributed by atoms with Gasteiger partial charge in [0.25, 0.3) is 0 Å². The van der Waals surface area contributed by atoms with Gasteiger partial charge in [0.05, 0.1) is 11.5 Å². The summed E-state index contributed by atoms with van der Waals surface area (Å²) in [5.41, 5.74) is 5.47. The Labute approximate surface area is 95.3 Å². The van der Waals surface area contributed by atoms with Crippen molar-refractivity contribution in [1.82, 2.24) is 19.7 Å². The van der Waals surface area contributed by atoms with Crippen LogP contribution in [0.25, 0.3) is 0 Å². The van der Waals surface area contributed by atoms with E-state index in [9.17, 15) is 0 Å². The Morgan fingerprint density at radius 3 is 2.87 bits per heavy atom. The fourth-order valence-corrected chi connectivity index (χ4v) is 1.37. The molecule has 0 aliphatic heterocycles. The normalized spacial score (nSPS) is 10.9. The first kappa shape index (κ1) is 12.1. The second-order valence-corrected chi connectivity index (χ2v) is 3.91. The fraction of sp³-hybridized carbons (Fsp3) is 0.667. The quantitative estimate of drug-likeness (QED) is 0.709. The molecule has 0 aromatic carbocycles. The largest absolute Gasteiger partial charge is 0.393 e. The molecule has 5 nitrogen and oxygen atoms in total. The third kappa shape index (κ3) is 3.93. The zero-order chi connectivity index (χ0) is 11.3. The molecule has 0 saturated carbocycles. The molecule has 0 bridgehead atoms. The highest BCUT2D eigenvalue weighted by Gasteiger charge is 2.07. The van der Waals surface area contributed by atoms with E-state index in [1.165, 1.54) is 0 Å². The summed E-state index contributed by atoms with van der Waals surface area (Å²) >= 11 is 4.85. The lowest BCUT2D eigenvalue weighted by Crippen LogP contribution is -2.28. The molecule has 0 fully saturated rings. The number of hydrogen-bond acceptors (Lipinski definition) is 4. The summed E-state index contributed by atoms with van der Waals surface area (Å²) in [6.07, 6.45) is 2.32. The molecule has 6 heteroatoms. The van der Waals surface area contributed by atoms with Gasteiger partial charge in [-0.1, -0.05) is 19.1 Å². The average molecular weight is 227 g/mol. The number of nitrogens with two attached hydrogens (primary N) is 1. The average Bonchev–Trinajstić information content (AvgIpc) is 2.58. The molecule has 0 atom stereocenters. The lowest BCUT2D eigenvalue weighted by Gasteiger charge is -2.18. The smallest absolute Gasteiger partial charge is 0.140 e. The van der Waals surface area contributed by atoms with Crippen molar-refractivity contribution >= 4 is 17.2 Å². The predicted octanol–water partition coefficient (Wildman–Crippen LogP) is 0.313. The van der Waals surface area contributed by atoms with Gasteiger partial charge in [-0.05, 0) is 6.54 Å². The number of thiocarbonyl (C=S) groups is 1. The minimum absolute atomic E-state index is 0.561. The van der Waals surface area contributed by atoms with E-state index in [1.54, 1.807) is 11.0 Å². The Morgan fingerprint density at radius 2 is 2.40 bits per heavy atom. The number of nitrogens with zero attached hydrogens (tertiary/aromatic N) is 4. The van der Waals surface area contributed by atoms with Crippen LogP contribution in [0.3, 0.4) is 0 Å². The van der Waals surface area contributed by atoms with E-state index >= 15 is 0 Å². The van der Waals surface area contributed by atoms with Gasteiger partial charge in [0.2, 0.25) is 0 Å². The zero-order valence-electron chi connectivity index (χ0n) is 9.18. The summed E-state index contributed by atoms with van der Waals surface area (Å²) in [4.78, 5) is 6.98. The molecule has 1 rings (SSSR count). The summed E-state index contributed by atoms with van der Waals surface area (Å²) in [5, 5.41) is 4.03. The molecule has 0 aliphatic rings. The van der Waals surface area contributed by atoms with Gasteiger partial charge in [-0.2, -0.15) is 5.10 Å². The lowest BCUT2D eigenvalue weighted by atomic mass is 10.3. The zero-order valence-corrected chi connectivity index (χ0v) is 10.00. The summed E-state index contributed by atoms with van der Waals surface area (Å²) in [6.45, 7) is 4.72. The van der Waals surface area contributed by atoms with Crippen molar-refractivity contribution in [3.8, 4) is 0 Å². The molecule has 0 radical (unpaired) electrons. The van der Waals surface area contributed by atoms with Crippen LogP contribution < -0.4 is 5.73 Å². The summed E-state index contributed by atoms with van der Waals surface area (Å²) in [7, 11) is 1.89. The van der Waals surface area contributed by atoms with Gasteiger partial charge in [0, 0.05) is 20.0 Å². The summed E-state index contributed by atoms with van der Waals surface area (Å²) in [5.74, 6) is 0.958. The predicted molar refractivity (Wildman–Crippen MR) is 63.4 cm³/mol. The van der Waals surface area contributed by atoms with Crippen molar-refractivity contribution in [3.63, 3.8) is 0 Å². The number of rotatable bonds is 6. The van der Waals surface area contributed by atoms with E-state index < -0.39 is 0 Å². The van der Waals surface area contributed by atoms with Gasteiger partial charge in [0.1, 0.15) is 12.2 Å². The van der Waals surface area contributed by atoms with Crippen LogP contribution >= 0.6 is 12.2 Å². The van der Waals surface area contributed by atoms with E-state index in [4.69, 9.17) is 18.0 Å². The van der Waals surface area contributed by atoms with Gasteiger partial charge in [-0.3, -0.25) is 9.58 Å². The monoisotopic (exact) mass is 227 g/mol. The lowest BCUT2D eigenvalue weighted by molar-refractivity contribution is 0.277. The highest BCUT2D eigenvalue weighted by molar-refractivity contribution is 7.80. The molecule has 1 aromatic heterocycles. The van der Waals surface area contributed by atoms with Crippen LogP contribution in [0.5, 0.6) is 0 Å². The molecule has 0 amide bonds. The second-order valence-electron chi connectivity index (χ2n) is 3.38. The van der Waals surface area contributed by atoms with E-state index in [1.807, 2.05) is 7.05 Å². The highest BCUT2D eigenvalue weighted by atomic mass is 32.1. The van der Waals surface area contributed by atoms with E-state index in [2.05, 4.69) is 21.9 Å². The van der Waals surface area contributed by atoms with Crippen molar-refractivity contribution in [2.24, 2.45) is 12.8 Å². The van der Waals surface area contributed by atoms with Crippen LogP contribution in [-0.2, 0) is 13.6 Å². The molecule has 15 heavy (non-hydrogen) atoms. The van der Waals surface area contributed by atoms with Crippen LogP contribution in [0.15, 0.2) is 6.33 Å².